The van der Waals surface area contributed by atoms with Crippen molar-refractivity contribution < 1.29 is 24.4 Å². The molecule has 0 saturated carbocycles. The lowest BCUT2D eigenvalue weighted by Crippen LogP contribution is -2.31. The summed E-state index contributed by atoms with van der Waals surface area (Å²) in [6, 6.07) is 11.5. The number of aliphatic hydroxyl groups excluding tert-OH is 1. The van der Waals surface area contributed by atoms with E-state index in [0.29, 0.717) is 11.3 Å². The fourth-order valence-corrected chi connectivity index (χ4v) is 3.09. The number of aliphatic hydroxyl groups is 1. The number of carbonyl (C=O) groups excluding carboxylic acids is 2. The first-order chi connectivity index (χ1) is 13.3. The van der Waals surface area contributed by atoms with Crippen LogP contribution >= 0.6 is 0 Å². The number of hydrogen-bond acceptors (Lipinski definition) is 6. The SMILES string of the molecule is CCOC(=O)C1=C(O)C(=O)N(c2ccc(C)cc2)[C@@H]1c1ccc([N+](=O)[O-])cc1. The number of amides is 1. The maximum absolute atomic E-state index is 12.8. The monoisotopic (exact) mass is 382 g/mol. The molecule has 1 aliphatic heterocycles. The molecule has 0 aromatic heterocycles. The number of aryl methyl sites for hydroxylation is 1. The van der Waals surface area contributed by atoms with Crippen LogP contribution in [0.25, 0.3) is 0 Å². The third-order valence-electron chi connectivity index (χ3n) is 4.44. The second-order valence-electron chi connectivity index (χ2n) is 6.24. The van der Waals surface area contributed by atoms with E-state index in [1.54, 1.807) is 31.2 Å². The van der Waals surface area contributed by atoms with Crippen LogP contribution in [0.1, 0.15) is 24.1 Å². The Kier molecular flexibility index (Phi) is 5.12. The topological polar surface area (TPSA) is 110 Å². The molecule has 8 heteroatoms. The van der Waals surface area contributed by atoms with Crippen LogP contribution < -0.4 is 4.90 Å². The van der Waals surface area contributed by atoms with E-state index in [-0.39, 0.29) is 17.9 Å². The van der Waals surface area contributed by atoms with Gasteiger partial charge >= 0.3 is 5.97 Å². The van der Waals surface area contributed by atoms with Gasteiger partial charge in [-0.2, -0.15) is 0 Å². The average Bonchev–Trinajstić information content (AvgIpc) is 2.94. The Hall–Kier alpha value is -3.68. The fourth-order valence-electron chi connectivity index (χ4n) is 3.09. The standard InChI is InChI=1S/C20H18N2O6/c1-3-28-20(25)16-17(13-6-10-15(11-7-13)22(26)27)21(19(24)18(16)23)14-8-4-12(2)5-9-14/h4-11,17,23H,3H2,1-2H3/t17-/m1/s1. The van der Waals surface area contributed by atoms with Gasteiger partial charge in [0.25, 0.3) is 11.6 Å². The van der Waals surface area contributed by atoms with Gasteiger partial charge in [-0.25, -0.2) is 4.79 Å². The molecule has 144 valence electrons. The molecule has 3 rings (SSSR count). The van der Waals surface area contributed by atoms with Crippen molar-refractivity contribution in [1.82, 2.24) is 0 Å². The number of ether oxygens (including phenoxy) is 1. The zero-order valence-corrected chi connectivity index (χ0v) is 15.3. The zero-order chi connectivity index (χ0) is 20.4. The van der Waals surface area contributed by atoms with Crippen molar-refractivity contribution in [3.05, 3.63) is 81.1 Å². The predicted molar refractivity (Wildman–Crippen MR) is 101 cm³/mol. The molecule has 1 amide bonds. The van der Waals surface area contributed by atoms with Crippen molar-refractivity contribution in [3.63, 3.8) is 0 Å². The highest BCUT2D eigenvalue weighted by atomic mass is 16.6. The van der Waals surface area contributed by atoms with Crippen LogP contribution in [-0.4, -0.2) is 28.5 Å². The second kappa shape index (κ2) is 7.51. The molecule has 28 heavy (non-hydrogen) atoms. The van der Waals surface area contributed by atoms with Crippen molar-refractivity contribution >= 4 is 23.3 Å². The summed E-state index contributed by atoms with van der Waals surface area (Å²) in [4.78, 5) is 36.9. The van der Waals surface area contributed by atoms with Crippen LogP contribution in [0.4, 0.5) is 11.4 Å². The highest BCUT2D eigenvalue weighted by Crippen LogP contribution is 2.41. The lowest BCUT2D eigenvalue weighted by Gasteiger charge is -2.26. The third kappa shape index (κ3) is 3.32. The molecule has 2 aromatic carbocycles. The Morgan fingerprint density at radius 3 is 2.32 bits per heavy atom. The molecular formula is C20H18N2O6. The molecular weight excluding hydrogens is 364 g/mol. The molecule has 8 nitrogen and oxygen atoms in total. The van der Waals surface area contributed by atoms with Crippen LogP contribution in [0.15, 0.2) is 59.9 Å². The maximum atomic E-state index is 12.8. The van der Waals surface area contributed by atoms with Gasteiger partial charge in [0.1, 0.15) is 5.57 Å². The van der Waals surface area contributed by atoms with Gasteiger partial charge < -0.3 is 9.84 Å². The van der Waals surface area contributed by atoms with E-state index in [1.807, 2.05) is 6.92 Å². The van der Waals surface area contributed by atoms with E-state index in [2.05, 4.69) is 0 Å². The molecule has 1 atom stereocenters. The average molecular weight is 382 g/mol. The zero-order valence-electron chi connectivity index (χ0n) is 15.3. The lowest BCUT2D eigenvalue weighted by atomic mass is 9.98. The number of nitrogens with zero attached hydrogens (tertiary/aromatic N) is 2. The van der Waals surface area contributed by atoms with E-state index in [9.17, 15) is 24.8 Å². The van der Waals surface area contributed by atoms with Crippen LogP contribution in [0.2, 0.25) is 0 Å². The summed E-state index contributed by atoms with van der Waals surface area (Å²) < 4.78 is 5.02. The van der Waals surface area contributed by atoms with E-state index in [1.165, 1.54) is 29.2 Å². The van der Waals surface area contributed by atoms with Gasteiger partial charge in [0.15, 0.2) is 5.76 Å². The first-order valence-corrected chi connectivity index (χ1v) is 8.60. The van der Waals surface area contributed by atoms with Gasteiger partial charge in [-0.1, -0.05) is 17.7 Å². The first kappa shape index (κ1) is 19.1. The van der Waals surface area contributed by atoms with Crippen molar-refractivity contribution in [2.45, 2.75) is 19.9 Å². The largest absolute Gasteiger partial charge is 0.503 e. The van der Waals surface area contributed by atoms with Crippen LogP contribution in [-0.2, 0) is 14.3 Å². The number of anilines is 1. The van der Waals surface area contributed by atoms with Crippen molar-refractivity contribution in [2.24, 2.45) is 0 Å². The van der Waals surface area contributed by atoms with E-state index in [4.69, 9.17) is 4.74 Å². The lowest BCUT2D eigenvalue weighted by molar-refractivity contribution is -0.384. The molecule has 0 unspecified atom stereocenters. The van der Waals surface area contributed by atoms with Gasteiger partial charge in [0.05, 0.1) is 17.6 Å². The van der Waals surface area contributed by atoms with Crippen LogP contribution in [0.5, 0.6) is 0 Å². The minimum absolute atomic E-state index is 0.0708. The Labute approximate surface area is 160 Å². The molecule has 0 bridgehead atoms. The summed E-state index contributed by atoms with van der Waals surface area (Å²) in [6.45, 7) is 3.58. The molecule has 0 aliphatic carbocycles. The van der Waals surface area contributed by atoms with Gasteiger partial charge in [-0.15, -0.1) is 0 Å². The molecule has 1 N–H and O–H groups in total. The van der Waals surface area contributed by atoms with Gasteiger partial charge in [0, 0.05) is 17.8 Å². The number of carbonyl (C=O) groups is 2. The fraction of sp³-hybridized carbons (Fsp3) is 0.200. The Morgan fingerprint density at radius 2 is 1.79 bits per heavy atom. The van der Waals surface area contributed by atoms with Crippen molar-refractivity contribution in [2.75, 3.05) is 11.5 Å². The predicted octanol–water partition coefficient (Wildman–Crippen LogP) is 3.37. The highest BCUT2D eigenvalue weighted by Gasteiger charge is 2.45. The van der Waals surface area contributed by atoms with E-state index >= 15 is 0 Å². The quantitative estimate of drug-likeness (QED) is 0.482. The van der Waals surface area contributed by atoms with Crippen molar-refractivity contribution in [1.29, 1.82) is 0 Å². The normalized spacial score (nSPS) is 16.4. The number of nitro benzene ring substituents is 1. The van der Waals surface area contributed by atoms with Gasteiger partial charge in [-0.05, 0) is 43.7 Å². The molecule has 0 radical (unpaired) electrons. The van der Waals surface area contributed by atoms with Gasteiger partial charge in [0.2, 0.25) is 0 Å². The minimum Gasteiger partial charge on any atom is -0.503 e. The molecule has 0 saturated heterocycles. The molecule has 2 aromatic rings. The summed E-state index contributed by atoms with van der Waals surface area (Å²) in [7, 11) is 0. The Morgan fingerprint density at radius 1 is 1.18 bits per heavy atom. The number of benzene rings is 2. The molecule has 0 spiro atoms. The van der Waals surface area contributed by atoms with Crippen molar-refractivity contribution in [3.8, 4) is 0 Å². The second-order valence-corrected chi connectivity index (χ2v) is 6.24. The van der Waals surface area contributed by atoms with Gasteiger partial charge in [-0.3, -0.25) is 19.8 Å². The Balaban J connectivity index is 2.13. The number of rotatable bonds is 5. The number of non-ortho nitro benzene ring substituents is 1. The van der Waals surface area contributed by atoms with E-state index < -0.39 is 28.6 Å². The summed E-state index contributed by atoms with van der Waals surface area (Å²) in [5.41, 5.74) is 1.57. The summed E-state index contributed by atoms with van der Waals surface area (Å²) in [5, 5.41) is 21.3. The minimum atomic E-state index is -0.963. The summed E-state index contributed by atoms with van der Waals surface area (Å²) in [6.07, 6.45) is 0. The van der Waals surface area contributed by atoms with Crippen LogP contribution in [0, 0.1) is 17.0 Å². The summed E-state index contributed by atoms with van der Waals surface area (Å²) in [5.74, 6) is -2.25. The maximum Gasteiger partial charge on any atom is 0.340 e. The molecule has 1 heterocycles. The smallest absolute Gasteiger partial charge is 0.340 e. The third-order valence-corrected chi connectivity index (χ3v) is 4.44. The number of esters is 1. The molecule has 0 fully saturated rings. The number of hydrogen-bond donors (Lipinski definition) is 1. The highest BCUT2D eigenvalue weighted by molar-refractivity contribution is 6.15. The Bertz CT molecular complexity index is 963. The first-order valence-electron chi connectivity index (χ1n) is 8.60. The summed E-state index contributed by atoms with van der Waals surface area (Å²) >= 11 is 0. The van der Waals surface area contributed by atoms with Crippen LogP contribution in [0.3, 0.4) is 0 Å². The molecule has 1 aliphatic rings. The number of nitro groups is 1. The van der Waals surface area contributed by atoms with E-state index in [0.717, 1.165) is 5.56 Å².